The molecular formula is C26H24N4O2S. The van der Waals surface area contributed by atoms with Crippen molar-refractivity contribution in [1.82, 2.24) is 14.9 Å². The summed E-state index contributed by atoms with van der Waals surface area (Å²) < 4.78 is 0. The van der Waals surface area contributed by atoms with Crippen LogP contribution in [-0.2, 0) is 0 Å². The number of hydrogen-bond acceptors (Lipinski definition) is 5. The zero-order valence-electron chi connectivity index (χ0n) is 18.4. The third kappa shape index (κ3) is 4.24. The van der Waals surface area contributed by atoms with Crippen LogP contribution in [0.15, 0.2) is 60.8 Å². The molecule has 1 saturated heterocycles. The van der Waals surface area contributed by atoms with E-state index in [0.717, 1.165) is 53.9 Å². The molecule has 2 aromatic carbocycles. The zero-order chi connectivity index (χ0) is 22.8. The molecule has 6 nitrogen and oxygen atoms in total. The molecule has 0 unspecified atom stereocenters. The monoisotopic (exact) mass is 456 g/mol. The van der Waals surface area contributed by atoms with Crippen LogP contribution < -0.4 is 5.32 Å². The number of nitrogens with zero attached hydrogens (tertiary/aromatic N) is 3. The van der Waals surface area contributed by atoms with Crippen LogP contribution in [0.1, 0.15) is 45.7 Å². The highest BCUT2D eigenvalue weighted by Gasteiger charge is 2.28. The minimum absolute atomic E-state index is 0.0227. The van der Waals surface area contributed by atoms with Crippen molar-refractivity contribution in [2.45, 2.75) is 26.2 Å². The molecule has 33 heavy (non-hydrogen) atoms. The van der Waals surface area contributed by atoms with Crippen LogP contribution in [0.5, 0.6) is 0 Å². The van der Waals surface area contributed by atoms with Crippen LogP contribution >= 0.6 is 11.3 Å². The van der Waals surface area contributed by atoms with Crippen molar-refractivity contribution in [2.75, 3.05) is 18.4 Å². The van der Waals surface area contributed by atoms with Crippen LogP contribution in [0.2, 0.25) is 0 Å². The Morgan fingerprint density at radius 3 is 2.39 bits per heavy atom. The first-order valence-electron chi connectivity index (χ1n) is 11.1. The van der Waals surface area contributed by atoms with E-state index in [1.165, 1.54) is 17.5 Å². The van der Waals surface area contributed by atoms with E-state index in [9.17, 15) is 9.59 Å². The molecule has 3 heterocycles. The highest BCUT2D eigenvalue weighted by atomic mass is 32.1. The molecule has 0 radical (unpaired) electrons. The van der Waals surface area contributed by atoms with Crippen LogP contribution in [0.25, 0.3) is 21.5 Å². The number of likely N-dealkylation sites (tertiary alicyclic amines) is 1. The summed E-state index contributed by atoms with van der Waals surface area (Å²) in [6, 6.07) is 17.4. The minimum Gasteiger partial charge on any atom is -0.339 e. The van der Waals surface area contributed by atoms with Crippen molar-refractivity contribution in [3.8, 4) is 10.4 Å². The maximum Gasteiger partial charge on any atom is 0.276 e. The molecule has 1 aliphatic heterocycles. The van der Waals surface area contributed by atoms with Gasteiger partial charge in [0.2, 0.25) is 0 Å². The van der Waals surface area contributed by atoms with E-state index in [1.54, 1.807) is 0 Å². The van der Waals surface area contributed by atoms with Gasteiger partial charge in [0.05, 0.1) is 22.8 Å². The highest BCUT2D eigenvalue weighted by molar-refractivity contribution is 7.20. The van der Waals surface area contributed by atoms with Crippen LogP contribution in [0.4, 0.5) is 5.00 Å². The number of hydrogen-bond donors (Lipinski definition) is 1. The van der Waals surface area contributed by atoms with E-state index in [2.05, 4.69) is 15.3 Å². The summed E-state index contributed by atoms with van der Waals surface area (Å²) in [5, 5.41) is 3.53. The molecule has 0 atom stereocenters. The molecule has 0 spiro atoms. The fraction of sp³-hybridized carbons (Fsp3) is 0.231. The predicted octanol–water partition coefficient (Wildman–Crippen LogP) is 5.55. The Bertz CT molecular complexity index is 1330. The lowest BCUT2D eigenvalue weighted by molar-refractivity contribution is 0.0725. The van der Waals surface area contributed by atoms with E-state index in [0.29, 0.717) is 16.1 Å². The van der Waals surface area contributed by atoms with Gasteiger partial charge in [-0.3, -0.25) is 14.6 Å². The first-order valence-corrected chi connectivity index (χ1v) is 11.9. The number of carbonyl (C=O) groups is 2. The average molecular weight is 457 g/mol. The molecule has 5 rings (SSSR count). The van der Waals surface area contributed by atoms with Gasteiger partial charge < -0.3 is 10.2 Å². The number of carbonyl (C=O) groups excluding carboxylic acids is 2. The highest BCUT2D eigenvalue weighted by Crippen LogP contribution is 2.41. The number of thiophene rings is 1. The molecule has 1 fully saturated rings. The van der Waals surface area contributed by atoms with Crippen molar-refractivity contribution in [2.24, 2.45) is 0 Å². The van der Waals surface area contributed by atoms with Crippen LogP contribution in [-0.4, -0.2) is 39.8 Å². The summed E-state index contributed by atoms with van der Waals surface area (Å²) >= 11 is 1.43. The summed E-state index contributed by atoms with van der Waals surface area (Å²) in [5.41, 5.74) is 4.09. The Morgan fingerprint density at radius 1 is 0.939 bits per heavy atom. The largest absolute Gasteiger partial charge is 0.339 e. The molecule has 4 aromatic rings. The van der Waals surface area contributed by atoms with Crippen molar-refractivity contribution in [1.29, 1.82) is 0 Å². The third-order valence-corrected chi connectivity index (χ3v) is 7.20. The van der Waals surface area contributed by atoms with E-state index < -0.39 is 0 Å². The Hall–Kier alpha value is -3.58. The molecule has 1 N–H and O–H groups in total. The number of para-hydroxylation sites is 2. The lowest BCUT2D eigenvalue weighted by Crippen LogP contribution is -2.36. The number of aromatic nitrogens is 2. The Balaban J connectivity index is 1.53. The molecule has 2 amide bonds. The lowest BCUT2D eigenvalue weighted by Gasteiger charge is -2.27. The first kappa shape index (κ1) is 21.3. The number of rotatable bonds is 4. The van der Waals surface area contributed by atoms with E-state index >= 15 is 0 Å². The molecule has 0 aliphatic carbocycles. The summed E-state index contributed by atoms with van der Waals surface area (Å²) in [7, 11) is 0. The molecule has 166 valence electrons. The van der Waals surface area contributed by atoms with E-state index in [-0.39, 0.29) is 17.5 Å². The number of anilines is 1. The van der Waals surface area contributed by atoms with Crippen molar-refractivity contribution in [3.63, 3.8) is 0 Å². The van der Waals surface area contributed by atoms with E-state index in [4.69, 9.17) is 0 Å². The van der Waals surface area contributed by atoms with Gasteiger partial charge in [0, 0.05) is 18.0 Å². The maximum atomic E-state index is 13.5. The Labute approximate surface area is 196 Å². The predicted molar refractivity (Wildman–Crippen MR) is 132 cm³/mol. The SMILES string of the molecule is Cc1c(-c2ccccc2)sc(NC(=O)c2cnc3ccccc3n2)c1C(=O)N1CCCCC1. The van der Waals surface area contributed by atoms with E-state index in [1.807, 2.05) is 66.4 Å². The minimum atomic E-state index is -0.373. The van der Waals surface area contributed by atoms with Gasteiger partial charge in [-0.25, -0.2) is 4.98 Å². The van der Waals surface area contributed by atoms with Gasteiger partial charge in [-0.1, -0.05) is 42.5 Å². The van der Waals surface area contributed by atoms with Gasteiger partial charge in [0.25, 0.3) is 11.8 Å². The van der Waals surface area contributed by atoms with Crippen molar-refractivity contribution >= 4 is 39.2 Å². The number of fused-ring (bicyclic) bond motifs is 1. The number of nitrogens with one attached hydrogen (secondary N) is 1. The summed E-state index contributed by atoms with van der Waals surface area (Å²) in [5.74, 6) is -0.396. The number of benzene rings is 2. The van der Waals surface area contributed by atoms with Crippen molar-refractivity contribution < 1.29 is 9.59 Å². The normalized spacial score (nSPS) is 13.8. The molecule has 2 aromatic heterocycles. The molecule has 0 saturated carbocycles. The number of piperidine rings is 1. The standard InChI is InChI=1S/C26H24N4O2S/c1-17-22(26(32)30-14-8-3-9-15-30)25(33-23(17)18-10-4-2-5-11-18)29-24(31)21-16-27-19-12-6-7-13-20(19)28-21/h2,4-7,10-13,16H,3,8-9,14-15H2,1H3,(H,29,31). The topological polar surface area (TPSA) is 75.2 Å². The van der Waals surface area contributed by atoms with Gasteiger partial charge >= 0.3 is 0 Å². The fourth-order valence-electron chi connectivity index (χ4n) is 4.21. The second-order valence-electron chi connectivity index (χ2n) is 8.18. The van der Waals surface area contributed by atoms with Gasteiger partial charge in [0.1, 0.15) is 10.7 Å². The second-order valence-corrected chi connectivity index (χ2v) is 9.20. The molecule has 0 bridgehead atoms. The van der Waals surface area contributed by atoms with Crippen LogP contribution in [0, 0.1) is 6.92 Å². The smallest absolute Gasteiger partial charge is 0.276 e. The summed E-state index contributed by atoms with van der Waals surface area (Å²) in [4.78, 5) is 38.4. The maximum absolute atomic E-state index is 13.5. The second kappa shape index (κ2) is 9.11. The average Bonchev–Trinajstić information content (AvgIpc) is 3.19. The van der Waals surface area contributed by atoms with Crippen LogP contribution in [0.3, 0.4) is 0 Å². The van der Waals surface area contributed by atoms with Gasteiger partial charge in [-0.15, -0.1) is 11.3 Å². The van der Waals surface area contributed by atoms with Gasteiger partial charge in [0.15, 0.2) is 0 Å². The fourth-order valence-corrected chi connectivity index (χ4v) is 5.41. The number of amides is 2. The lowest BCUT2D eigenvalue weighted by atomic mass is 10.0. The molecule has 7 heteroatoms. The van der Waals surface area contributed by atoms with Crippen molar-refractivity contribution in [3.05, 3.63) is 77.6 Å². The first-order chi connectivity index (χ1) is 16.1. The Morgan fingerprint density at radius 2 is 1.64 bits per heavy atom. The third-order valence-electron chi connectivity index (χ3n) is 5.95. The summed E-state index contributed by atoms with van der Waals surface area (Å²) in [6.07, 6.45) is 4.64. The molecular weight excluding hydrogens is 432 g/mol. The zero-order valence-corrected chi connectivity index (χ0v) is 19.2. The quantitative estimate of drug-likeness (QED) is 0.437. The Kier molecular flexibility index (Phi) is 5.88. The summed E-state index contributed by atoms with van der Waals surface area (Å²) in [6.45, 7) is 3.46. The molecule has 1 aliphatic rings. The van der Waals surface area contributed by atoms with Gasteiger partial charge in [-0.05, 0) is 49.4 Å². The van der Waals surface area contributed by atoms with Gasteiger partial charge in [-0.2, -0.15) is 0 Å².